The Hall–Kier alpha value is -1.21. The van der Waals surface area contributed by atoms with Crippen LogP contribution in [-0.4, -0.2) is 22.9 Å². The Morgan fingerprint density at radius 1 is 1.58 bits per heavy atom. The Morgan fingerprint density at radius 2 is 2.25 bits per heavy atom. The van der Waals surface area contributed by atoms with Gasteiger partial charge in [-0.15, -0.1) is 0 Å². The molecule has 12 heavy (non-hydrogen) atoms. The first-order chi connectivity index (χ1) is 5.47. The molecule has 0 bridgehead atoms. The smallest absolute Gasteiger partial charge is 0.269 e. The van der Waals surface area contributed by atoms with E-state index in [1.165, 1.54) is 6.20 Å². The summed E-state index contributed by atoms with van der Waals surface area (Å²) in [6.45, 7) is 1.68. The highest BCUT2D eigenvalue weighted by Crippen LogP contribution is 1.99. The summed E-state index contributed by atoms with van der Waals surface area (Å²) in [7, 11) is -4.27. The summed E-state index contributed by atoms with van der Waals surface area (Å²) in [5.74, 6) is -0.141. The molecule has 6 nitrogen and oxygen atoms in total. The Morgan fingerprint density at radius 3 is 2.75 bits per heavy atom. The fourth-order valence-electron chi connectivity index (χ4n) is 0.613. The molecule has 0 radical (unpaired) electrons. The van der Waals surface area contributed by atoms with Gasteiger partial charge in [0, 0.05) is 11.9 Å². The van der Waals surface area contributed by atoms with Gasteiger partial charge in [0.25, 0.3) is 0 Å². The van der Waals surface area contributed by atoms with Gasteiger partial charge < -0.3 is 0 Å². The molecule has 0 amide bonds. The van der Waals surface area contributed by atoms with Gasteiger partial charge in [-0.05, 0) is 13.0 Å². The molecule has 1 heterocycles. The van der Waals surface area contributed by atoms with Gasteiger partial charge in [0.2, 0.25) is 5.95 Å². The molecule has 0 atom stereocenters. The maximum absolute atomic E-state index is 10.3. The quantitative estimate of drug-likeness (QED) is 0.639. The van der Waals surface area contributed by atoms with E-state index in [0.717, 1.165) is 0 Å². The number of hydrogen-bond acceptors (Lipinski definition) is 4. The molecule has 0 aliphatic rings. The van der Waals surface area contributed by atoms with Gasteiger partial charge in [-0.2, -0.15) is 8.42 Å². The second-order valence-corrected chi connectivity index (χ2v) is 3.25. The number of aryl methyl sites for hydroxylation is 1. The van der Waals surface area contributed by atoms with E-state index in [1.54, 1.807) is 17.7 Å². The van der Waals surface area contributed by atoms with Crippen LogP contribution in [0.2, 0.25) is 0 Å². The molecule has 0 saturated carbocycles. The van der Waals surface area contributed by atoms with Crippen molar-refractivity contribution in [2.75, 3.05) is 4.72 Å². The summed E-state index contributed by atoms with van der Waals surface area (Å²) in [5.41, 5.74) is 0.608. The standard InChI is InChI=1S/C5H7N3O3S/c1-4-2-3-6-5(7-4)8-12(9,10)11/h2-3H,1H3,(H,6,7,8)(H,9,10,11). The van der Waals surface area contributed by atoms with E-state index in [9.17, 15) is 8.42 Å². The normalized spacial score (nSPS) is 11.2. The molecule has 0 fully saturated rings. The van der Waals surface area contributed by atoms with Gasteiger partial charge in [-0.25, -0.2) is 14.7 Å². The maximum Gasteiger partial charge on any atom is 0.359 e. The predicted octanol–water partition coefficient (Wildman–Crippen LogP) is -0.000280. The summed E-state index contributed by atoms with van der Waals surface area (Å²) in [6.07, 6.45) is 1.38. The van der Waals surface area contributed by atoms with Crippen molar-refractivity contribution in [3.05, 3.63) is 18.0 Å². The number of rotatable bonds is 2. The first-order valence-corrected chi connectivity index (χ1v) is 4.46. The SMILES string of the molecule is Cc1ccnc(NS(=O)(=O)O)n1. The highest BCUT2D eigenvalue weighted by atomic mass is 32.2. The van der Waals surface area contributed by atoms with E-state index in [1.807, 2.05) is 0 Å². The molecule has 0 aromatic carbocycles. The van der Waals surface area contributed by atoms with Gasteiger partial charge in [-0.3, -0.25) is 4.55 Å². The number of nitrogens with zero attached hydrogens (tertiary/aromatic N) is 2. The highest BCUT2D eigenvalue weighted by molar-refractivity contribution is 7.87. The van der Waals surface area contributed by atoms with Crippen LogP contribution in [0.25, 0.3) is 0 Å². The van der Waals surface area contributed by atoms with Crippen molar-refractivity contribution < 1.29 is 13.0 Å². The average molecular weight is 189 g/mol. The van der Waals surface area contributed by atoms with Crippen molar-refractivity contribution in [3.8, 4) is 0 Å². The monoisotopic (exact) mass is 189 g/mol. The number of anilines is 1. The lowest BCUT2D eigenvalue weighted by molar-refractivity contribution is 0.489. The molecule has 66 valence electrons. The predicted molar refractivity (Wildman–Crippen MR) is 41.9 cm³/mol. The third-order valence-corrected chi connectivity index (χ3v) is 1.46. The zero-order valence-electron chi connectivity index (χ0n) is 6.22. The first kappa shape index (κ1) is 8.88. The van der Waals surface area contributed by atoms with E-state index in [4.69, 9.17) is 4.55 Å². The van der Waals surface area contributed by atoms with Gasteiger partial charge in [0.15, 0.2) is 0 Å². The fourth-order valence-corrected chi connectivity index (χ4v) is 0.943. The Kier molecular flexibility index (Phi) is 2.25. The molecule has 0 aliphatic heterocycles. The molecule has 0 saturated heterocycles. The minimum Gasteiger partial charge on any atom is -0.269 e. The first-order valence-electron chi connectivity index (χ1n) is 3.02. The molecule has 0 unspecified atom stereocenters. The zero-order valence-corrected chi connectivity index (χ0v) is 7.04. The van der Waals surface area contributed by atoms with Crippen molar-refractivity contribution in [1.82, 2.24) is 9.97 Å². The van der Waals surface area contributed by atoms with Crippen LogP contribution in [0.3, 0.4) is 0 Å². The van der Waals surface area contributed by atoms with E-state index in [2.05, 4.69) is 9.97 Å². The summed E-state index contributed by atoms with van der Waals surface area (Å²) in [5, 5.41) is 0. The van der Waals surface area contributed by atoms with Crippen LogP contribution in [0.5, 0.6) is 0 Å². The molecule has 0 spiro atoms. The second kappa shape index (κ2) is 3.03. The Balaban J connectivity index is 2.91. The van der Waals surface area contributed by atoms with Gasteiger partial charge in [0.1, 0.15) is 0 Å². The van der Waals surface area contributed by atoms with E-state index < -0.39 is 10.3 Å². The van der Waals surface area contributed by atoms with Gasteiger partial charge in [0.05, 0.1) is 0 Å². The van der Waals surface area contributed by atoms with Crippen LogP contribution in [0.1, 0.15) is 5.69 Å². The minimum atomic E-state index is -4.27. The average Bonchev–Trinajstić information content (AvgIpc) is 1.82. The molecular formula is C5H7N3O3S. The number of aromatic nitrogens is 2. The Labute approximate surface area is 69.5 Å². The topological polar surface area (TPSA) is 92.2 Å². The van der Waals surface area contributed by atoms with Crippen LogP contribution in [-0.2, 0) is 10.3 Å². The van der Waals surface area contributed by atoms with E-state index >= 15 is 0 Å². The third-order valence-electron chi connectivity index (χ3n) is 1.02. The van der Waals surface area contributed by atoms with Gasteiger partial charge in [-0.1, -0.05) is 0 Å². The fraction of sp³-hybridized carbons (Fsp3) is 0.200. The highest BCUT2D eigenvalue weighted by Gasteiger charge is 2.05. The summed E-state index contributed by atoms with van der Waals surface area (Å²) in [6, 6.07) is 1.61. The van der Waals surface area contributed by atoms with Crippen molar-refractivity contribution in [2.24, 2.45) is 0 Å². The summed E-state index contributed by atoms with van der Waals surface area (Å²) in [4.78, 5) is 7.26. The van der Waals surface area contributed by atoms with Crippen molar-refractivity contribution in [1.29, 1.82) is 0 Å². The van der Waals surface area contributed by atoms with Crippen molar-refractivity contribution >= 4 is 16.3 Å². The largest absolute Gasteiger partial charge is 0.359 e. The van der Waals surface area contributed by atoms with E-state index in [0.29, 0.717) is 5.69 Å². The third kappa shape index (κ3) is 2.81. The number of nitrogens with one attached hydrogen (secondary N) is 1. The summed E-state index contributed by atoms with van der Waals surface area (Å²) < 4.78 is 30.6. The molecule has 7 heteroatoms. The molecule has 1 aromatic heterocycles. The molecule has 1 aromatic rings. The van der Waals surface area contributed by atoms with Crippen LogP contribution in [0.15, 0.2) is 12.3 Å². The lowest BCUT2D eigenvalue weighted by Crippen LogP contribution is -2.12. The van der Waals surface area contributed by atoms with Crippen LogP contribution < -0.4 is 4.72 Å². The molecule has 2 N–H and O–H groups in total. The Bertz CT molecular complexity index is 375. The second-order valence-electron chi connectivity index (χ2n) is 2.10. The molecule has 0 aliphatic carbocycles. The van der Waals surface area contributed by atoms with Crippen molar-refractivity contribution in [2.45, 2.75) is 6.92 Å². The lowest BCUT2D eigenvalue weighted by Gasteiger charge is -1.99. The lowest BCUT2D eigenvalue weighted by atomic mass is 10.5. The maximum atomic E-state index is 10.3. The van der Waals surface area contributed by atoms with Gasteiger partial charge >= 0.3 is 10.3 Å². The van der Waals surface area contributed by atoms with Crippen LogP contribution in [0.4, 0.5) is 5.95 Å². The zero-order chi connectivity index (χ0) is 9.19. The molecular weight excluding hydrogens is 182 g/mol. The van der Waals surface area contributed by atoms with Crippen molar-refractivity contribution in [3.63, 3.8) is 0 Å². The van der Waals surface area contributed by atoms with Crippen LogP contribution >= 0.6 is 0 Å². The summed E-state index contributed by atoms with van der Waals surface area (Å²) >= 11 is 0. The number of hydrogen-bond donors (Lipinski definition) is 2. The minimum absolute atomic E-state index is 0.141. The molecule has 1 rings (SSSR count). The van der Waals surface area contributed by atoms with Crippen LogP contribution in [0, 0.1) is 6.92 Å². The van der Waals surface area contributed by atoms with E-state index in [-0.39, 0.29) is 5.95 Å².